The summed E-state index contributed by atoms with van der Waals surface area (Å²) < 4.78 is 88.1. The van der Waals surface area contributed by atoms with Gasteiger partial charge in [0.15, 0.2) is 0 Å². The molecule has 2 fully saturated rings. The summed E-state index contributed by atoms with van der Waals surface area (Å²) in [6.07, 6.45) is 0.489. The Kier molecular flexibility index (Phi) is 9.77. The van der Waals surface area contributed by atoms with Crippen LogP contribution in [-0.2, 0) is 16.2 Å². The van der Waals surface area contributed by atoms with Crippen molar-refractivity contribution >= 4 is 33.4 Å². The second kappa shape index (κ2) is 13.0. The fourth-order valence-corrected chi connectivity index (χ4v) is 6.02. The van der Waals surface area contributed by atoms with E-state index < -0.39 is 51.4 Å². The zero-order valence-electron chi connectivity index (χ0n) is 23.5. The van der Waals surface area contributed by atoms with Gasteiger partial charge in [0.25, 0.3) is 5.91 Å². The summed E-state index contributed by atoms with van der Waals surface area (Å²) in [4.78, 5) is 22.7. The Hall–Kier alpha value is -3.24. The largest absolute Gasteiger partial charge is 0.495 e. The van der Waals surface area contributed by atoms with Crippen molar-refractivity contribution in [2.45, 2.75) is 62.8 Å². The molecule has 4 rings (SSSR count). The van der Waals surface area contributed by atoms with E-state index in [2.05, 4.69) is 35.5 Å². The van der Waals surface area contributed by atoms with Crippen LogP contribution in [0.2, 0.25) is 0 Å². The molecular weight excluding hydrogens is 582 g/mol. The zero-order chi connectivity index (χ0) is 30.7. The number of hydrogen-bond donors (Lipinski definition) is 4. The van der Waals surface area contributed by atoms with Crippen LogP contribution < -0.4 is 25.4 Å². The maximum absolute atomic E-state index is 15.1. The Labute approximate surface area is 241 Å². The fraction of sp³-hybridized carbons (Fsp3) is 0.577. The van der Waals surface area contributed by atoms with Gasteiger partial charge >= 0.3 is 6.18 Å². The molecule has 2 atom stereocenters. The number of carbonyl (C=O) groups excluding carboxylic acids is 1. The SMILES string of the molecule is COc1cc(C(=O)NC2CCN(C)CC2)c(F)cc1Nc1ncc(C(F)(F)F)c(N[C@@H]2CCCC[C@H]2NS(C)(=O)=O)n1. The van der Waals surface area contributed by atoms with Crippen molar-refractivity contribution in [3.8, 4) is 5.75 Å². The maximum Gasteiger partial charge on any atom is 0.421 e. The number of nitrogens with one attached hydrogen (secondary N) is 4. The number of rotatable bonds is 9. The van der Waals surface area contributed by atoms with Gasteiger partial charge in [-0.3, -0.25) is 4.79 Å². The molecule has 0 spiro atoms. The molecule has 4 N–H and O–H groups in total. The third kappa shape index (κ3) is 8.19. The van der Waals surface area contributed by atoms with E-state index in [4.69, 9.17) is 4.74 Å². The first kappa shape index (κ1) is 31.7. The maximum atomic E-state index is 15.1. The number of ether oxygens (including phenoxy) is 1. The van der Waals surface area contributed by atoms with E-state index in [1.807, 2.05) is 7.05 Å². The quantitative estimate of drug-likeness (QED) is 0.312. The van der Waals surface area contributed by atoms with Crippen LogP contribution in [0, 0.1) is 5.82 Å². The van der Waals surface area contributed by atoms with Gasteiger partial charge in [-0.25, -0.2) is 22.5 Å². The van der Waals surface area contributed by atoms with Crippen LogP contribution in [0.5, 0.6) is 5.75 Å². The smallest absolute Gasteiger partial charge is 0.421 e. The summed E-state index contributed by atoms with van der Waals surface area (Å²) in [7, 11) is -0.322. The fourth-order valence-electron chi connectivity index (χ4n) is 5.19. The monoisotopic (exact) mass is 617 g/mol. The molecule has 0 unspecified atom stereocenters. The molecule has 1 aliphatic heterocycles. The molecule has 1 amide bonds. The Morgan fingerprint density at radius 2 is 1.76 bits per heavy atom. The summed E-state index contributed by atoms with van der Waals surface area (Å²) >= 11 is 0. The van der Waals surface area contributed by atoms with Crippen molar-refractivity contribution in [3.05, 3.63) is 35.3 Å². The van der Waals surface area contributed by atoms with Crippen LogP contribution in [0.15, 0.2) is 18.3 Å². The van der Waals surface area contributed by atoms with Crippen LogP contribution >= 0.6 is 0 Å². The molecule has 1 aromatic heterocycles. The minimum Gasteiger partial charge on any atom is -0.495 e. The van der Waals surface area contributed by atoms with E-state index in [-0.39, 0.29) is 29.0 Å². The van der Waals surface area contributed by atoms with Gasteiger partial charge in [0, 0.05) is 30.4 Å². The highest BCUT2D eigenvalue weighted by atomic mass is 32.2. The summed E-state index contributed by atoms with van der Waals surface area (Å²) in [5, 5.41) is 8.28. The minimum absolute atomic E-state index is 0.00849. The third-order valence-electron chi connectivity index (χ3n) is 7.38. The Bertz CT molecular complexity index is 1390. The second-order valence-corrected chi connectivity index (χ2v) is 12.5. The number of anilines is 3. The average molecular weight is 618 g/mol. The number of carbonyl (C=O) groups is 1. The lowest BCUT2D eigenvalue weighted by Crippen LogP contribution is -2.48. The van der Waals surface area contributed by atoms with Gasteiger partial charge < -0.3 is 25.6 Å². The first-order valence-electron chi connectivity index (χ1n) is 13.6. The third-order valence-corrected chi connectivity index (χ3v) is 8.11. The van der Waals surface area contributed by atoms with E-state index in [0.29, 0.717) is 31.9 Å². The van der Waals surface area contributed by atoms with Crippen molar-refractivity contribution in [3.63, 3.8) is 0 Å². The molecule has 0 radical (unpaired) electrons. The predicted octanol–water partition coefficient (Wildman–Crippen LogP) is 3.48. The number of methoxy groups -OCH3 is 1. The summed E-state index contributed by atoms with van der Waals surface area (Å²) in [5.74, 6) is -2.27. The van der Waals surface area contributed by atoms with Crippen molar-refractivity contribution in [2.24, 2.45) is 0 Å². The number of sulfonamides is 1. The number of piperidine rings is 1. The first-order chi connectivity index (χ1) is 19.7. The highest BCUT2D eigenvalue weighted by molar-refractivity contribution is 7.88. The first-order valence-corrected chi connectivity index (χ1v) is 15.4. The molecule has 1 saturated heterocycles. The van der Waals surface area contributed by atoms with Gasteiger partial charge in [-0.05, 0) is 51.9 Å². The number of nitrogens with zero attached hydrogens (tertiary/aromatic N) is 3. The molecule has 2 heterocycles. The van der Waals surface area contributed by atoms with E-state index >= 15 is 4.39 Å². The summed E-state index contributed by atoms with van der Waals surface area (Å²) in [5.41, 5.74) is -1.39. The Morgan fingerprint density at radius 3 is 2.38 bits per heavy atom. The Morgan fingerprint density at radius 1 is 1.10 bits per heavy atom. The van der Waals surface area contributed by atoms with Gasteiger partial charge in [0.05, 0.1) is 24.6 Å². The number of amides is 1. The van der Waals surface area contributed by atoms with E-state index in [1.54, 1.807) is 0 Å². The molecule has 11 nitrogen and oxygen atoms in total. The zero-order valence-corrected chi connectivity index (χ0v) is 24.3. The lowest BCUT2D eigenvalue weighted by atomic mass is 9.91. The molecule has 42 heavy (non-hydrogen) atoms. The van der Waals surface area contributed by atoms with Crippen molar-refractivity contribution in [1.29, 1.82) is 0 Å². The topological polar surface area (TPSA) is 138 Å². The van der Waals surface area contributed by atoms with Gasteiger partial charge in [-0.1, -0.05) is 12.8 Å². The van der Waals surface area contributed by atoms with Crippen LogP contribution in [0.1, 0.15) is 54.4 Å². The average Bonchev–Trinajstić information content (AvgIpc) is 2.90. The second-order valence-electron chi connectivity index (χ2n) is 10.7. The molecule has 232 valence electrons. The summed E-state index contributed by atoms with van der Waals surface area (Å²) in [6.45, 7) is 1.61. The van der Waals surface area contributed by atoms with E-state index in [9.17, 15) is 26.4 Å². The molecule has 1 aliphatic carbocycles. The van der Waals surface area contributed by atoms with Crippen LogP contribution in [0.25, 0.3) is 0 Å². The van der Waals surface area contributed by atoms with Crippen LogP contribution in [0.3, 0.4) is 0 Å². The number of halogens is 4. The van der Waals surface area contributed by atoms with E-state index in [1.165, 1.54) is 13.2 Å². The molecule has 0 bridgehead atoms. The van der Waals surface area contributed by atoms with Gasteiger partial charge in [-0.15, -0.1) is 0 Å². The summed E-state index contributed by atoms with van der Waals surface area (Å²) in [6, 6.07) is 0.799. The van der Waals surface area contributed by atoms with Crippen LogP contribution in [0.4, 0.5) is 35.0 Å². The number of likely N-dealkylation sites (tertiary alicyclic amines) is 1. The number of alkyl halides is 3. The van der Waals surface area contributed by atoms with E-state index in [0.717, 1.165) is 38.3 Å². The molecule has 1 saturated carbocycles. The lowest BCUT2D eigenvalue weighted by Gasteiger charge is -2.33. The molecule has 2 aliphatic rings. The molecule has 2 aromatic rings. The number of benzene rings is 1. The number of aromatic nitrogens is 2. The van der Waals surface area contributed by atoms with Gasteiger partial charge in [-0.2, -0.15) is 18.2 Å². The van der Waals surface area contributed by atoms with Crippen LogP contribution in [-0.4, -0.2) is 80.8 Å². The van der Waals surface area contributed by atoms with Crippen molar-refractivity contribution < 1.29 is 35.5 Å². The normalized spacial score (nSPS) is 20.6. The number of hydrogen-bond acceptors (Lipinski definition) is 9. The molecule has 16 heteroatoms. The molecule has 1 aromatic carbocycles. The van der Waals surface area contributed by atoms with Gasteiger partial charge in [0.1, 0.15) is 22.9 Å². The van der Waals surface area contributed by atoms with Crippen molar-refractivity contribution in [1.82, 2.24) is 24.9 Å². The highest BCUT2D eigenvalue weighted by Gasteiger charge is 2.37. The molecular formula is C26H35F4N7O4S. The minimum atomic E-state index is -4.80. The van der Waals surface area contributed by atoms with Crippen molar-refractivity contribution in [2.75, 3.05) is 44.1 Å². The standard InChI is InChI=1S/C26H35F4N7O4S/c1-37-10-8-15(9-11-37)32-24(38)16-12-22(41-2)21(13-18(16)27)34-25-31-14-17(26(28,29)30)23(35-25)33-19-6-4-5-7-20(19)36-42(3,39)40/h12-15,19-20,36H,4-11H2,1-3H3,(H,32,38)(H2,31,33,34,35)/t19-,20-/m1/s1. The highest BCUT2D eigenvalue weighted by Crippen LogP contribution is 2.36. The van der Waals surface area contributed by atoms with Gasteiger partial charge in [0.2, 0.25) is 16.0 Å². The lowest BCUT2D eigenvalue weighted by molar-refractivity contribution is -0.137. The predicted molar refractivity (Wildman–Crippen MR) is 149 cm³/mol. The Balaban J connectivity index is 1.58.